The molecule has 1 saturated carbocycles. The van der Waals surface area contributed by atoms with Crippen LogP contribution in [0.5, 0.6) is 0 Å². The van der Waals surface area contributed by atoms with Gasteiger partial charge in [0.15, 0.2) is 5.82 Å². The molecule has 3 heterocycles. The first-order chi connectivity index (χ1) is 12.7. The van der Waals surface area contributed by atoms with Crippen molar-refractivity contribution in [1.82, 2.24) is 25.2 Å². The number of nitrogens with zero attached hydrogens (tertiary/aromatic N) is 5. The monoisotopic (exact) mass is 351 g/mol. The van der Waals surface area contributed by atoms with Gasteiger partial charge in [-0.05, 0) is 56.8 Å². The summed E-state index contributed by atoms with van der Waals surface area (Å²) in [7, 11) is 0. The minimum Gasteiger partial charge on any atom is -0.420 e. The molecule has 7 heteroatoms. The molecule has 26 heavy (non-hydrogen) atoms. The highest BCUT2D eigenvalue weighted by atomic mass is 16.5. The molecule has 1 spiro atoms. The van der Waals surface area contributed by atoms with Gasteiger partial charge in [-0.1, -0.05) is 23.4 Å². The third kappa shape index (κ3) is 2.82. The largest absolute Gasteiger partial charge is 0.420 e. The van der Waals surface area contributed by atoms with Crippen LogP contribution in [0.2, 0.25) is 0 Å². The number of piperidine rings is 1. The molecule has 1 aliphatic heterocycles. The van der Waals surface area contributed by atoms with E-state index in [0.717, 1.165) is 50.4 Å². The molecule has 1 saturated heterocycles. The van der Waals surface area contributed by atoms with Gasteiger partial charge in [0.2, 0.25) is 17.7 Å². The van der Waals surface area contributed by atoms with Crippen molar-refractivity contribution in [3.63, 3.8) is 0 Å². The second-order valence-corrected chi connectivity index (χ2v) is 7.44. The molecular weight excluding hydrogens is 330 g/mol. The van der Waals surface area contributed by atoms with Crippen molar-refractivity contribution in [2.75, 3.05) is 13.1 Å². The molecule has 0 N–H and O–H groups in total. The van der Waals surface area contributed by atoms with Crippen LogP contribution in [-0.2, 0) is 6.54 Å². The van der Waals surface area contributed by atoms with E-state index in [1.54, 1.807) is 0 Å². The van der Waals surface area contributed by atoms with Gasteiger partial charge in [0.1, 0.15) is 0 Å². The predicted octanol–water partition coefficient (Wildman–Crippen LogP) is 3.20. The smallest absolute Gasteiger partial charge is 0.247 e. The Bertz CT molecular complexity index is 896. The van der Waals surface area contributed by atoms with Crippen LogP contribution in [0.4, 0.5) is 0 Å². The summed E-state index contributed by atoms with van der Waals surface area (Å²) in [4.78, 5) is 6.68. The Labute approximate surface area is 151 Å². The fourth-order valence-electron chi connectivity index (χ4n) is 4.07. The highest BCUT2D eigenvalue weighted by molar-refractivity contribution is 5.51. The molecule has 134 valence electrons. The number of likely N-dealkylation sites (tertiary alicyclic amines) is 1. The van der Waals surface area contributed by atoms with E-state index >= 15 is 0 Å². The summed E-state index contributed by atoms with van der Waals surface area (Å²) < 4.78 is 11.2. The van der Waals surface area contributed by atoms with Crippen LogP contribution in [0.1, 0.15) is 42.8 Å². The van der Waals surface area contributed by atoms with E-state index < -0.39 is 0 Å². The Kier molecular flexibility index (Phi) is 3.63. The minimum atomic E-state index is 0.335. The first kappa shape index (κ1) is 15.7. The Morgan fingerprint density at radius 2 is 1.96 bits per heavy atom. The van der Waals surface area contributed by atoms with E-state index in [9.17, 15) is 0 Å². The SMILES string of the molecule is Cc1noc(CN2CCC3(CC2)CC3c2nnc(-c3ccccc3)o2)n1. The molecular formula is C19H21N5O2. The summed E-state index contributed by atoms with van der Waals surface area (Å²) in [5.74, 6) is 3.22. The molecule has 2 aliphatic rings. The lowest BCUT2D eigenvalue weighted by molar-refractivity contribution is 0.144. The van der Waals surface area contributed by atoms with Crippen LogP contribution in [0.15, 0.2) is 39.3 Å². The number of benzene rings is 1. The number of hydrogen-bond acceptors (Lipinski definition) is 7. The normalized spacial score (nSPS) is 22.0. The topological polar surface area (TPSA) is 81.1 Å². The standard InChI is InChI=1S/C19H21N5O2/c1-13-20-16(26-23-13)12-24-9-7-19(8-10-24)11-15(19)18-22-21-17(25-18)14-5-3-2-4-6-14/h2-6,15H,7-12H2,1H3. The first-order valence-corrected chi connectivity index (χ1v) is 9.12. The van der Waals surface area contributed by atoms with Crippen molar-refractivity contribution in [2.45, 2.75) is 38.6 Å². The van der Waals surface area contributed by atoms with Crippen LogP contribution in [-0.4, -0.2) is 38.3 Å². The van der Waals surface area contributed by atoms with Gasteiger partial charge in [-0.2, -0.15) is 4.98 Å². The number of aryl methyl sites for hydroxylation is 1. The van der Waals surface area contributed by atoms with Gasteiger partial charge in [-0.25, -0.2) is 0 Å². The fourth-order valence-corrected chi connectivity index (χ4v) is 4.07. The minimum absolute atomic E-state index is 0.335. The van der Waals surface area contributed by atoms with Crippen molar-refractivity contribution in [2.24, 2.45) is 5.41 Å². The van der Waals surface area contributed by atoms with Crippen molar-refractivity contribution >= 4 is 0 Å². The lowest BCUT2D eigenvalue weighted by atomic mass is 9.91. The molecule has 1 atom stereocenters. The molecule has 0 radical (unpaired) electrons. The summed E-state index contributed by atoms with van der Waals surface area (Å²) in [6.07, 6.45) is 3.44. The third-order valence-electron chi connectivity index (χ3n) is 5.73. The summed E-state index contributed by atoms with van der Waals surface area (Å²) >= 11 is 0. The quantitative estimate of drug-likeness (QED) is 0.714. The zero-order chi connectivity index (χ0) is 17.6. The number of aromatic nitrogens is 4. The average molecular weight is 351 g/mol. The van der Waals surface area contributed by atoms with Gasteiger partial charge in [-0.3, -0.25) is 4.90 Å². The molecule has 5 rings (SSSR count). The molecule has 2 aromatic heterocycles. The Balaban J connectivity index is 1.22. The molecule has 1 aromatic carbocycles. The maximum atomic E-state index is 5.98. The maximum absolute atomic E-state index is 5.98. The third-order valence-corrected chi connectivity index (χ3v) is 5.73. The van der Waals surface area contributed by atoms with E-state index in [1.807, 2.05) is 37.3 Å². The molecule has 0 bridgehead atoms. The zero-order valence-electron chi connectivity index (χ0n) is 14.8. The summed E-state index contributed by atoms with van der Waals surface area (Å²) in [6.45, 7) is 4.66. The zero-order valence-corrected chi connectivity index (χ0v) is 14.8. The van der Waals surface area contributed by atoms with Crippen LogP contribution in [0.3, 0.4) is 0 Å². The molecule has 1 unspecified atom stereocenters. The highest BCUT2D eigenvalue weighted by Crippen LogP contribution is 2.64. The molecule has 1 aliphatic carbocycles. The summed E-state index contributed by atoms with van der Waals surface area (Å²) in [6, 6.07) is 9.95. The Morgan fingerprint density at radius 1 is 1.15 bits per heavy atom. The fraction of sp³-hybridized carbons (Fsp3) is 0.474. The molecule has 2 fully saturated rings. The van der Waals surface area contributed by atoms with Gasteiger partial charge >= 0.3 is 0 Å². The van der Waals surface area contributed by atoms with Gasteiger partial charge in [-0.15, -0.1) is 10.2 Å². The van der Waals surface area contributed by atoms with Gasteiger partial charge < -0.3 is 8.94 Å². The van der Waals surface area contributed by atoms with E-state index in [0.29, 0.717) is 28.9 Å². The second-order valence-electron chi connectivity index (χ2n) is 7.44. The van der Waals surface area contributed by atoms with E-state index in [-0.39, 0.29) is 0 Å². The van der Waals surface area contributed by atoms with E-state index in [2.05, 4.69) is 25.2 Å². The van der Waals surface area contributed by atoms with Crippen molar-refractivity contribution in [3.8, 4) is 11.5 Å². The van der Waals surface area contributed by atoms with Crippen molar-refractivity contribution < 1.29 is 8.94 Å². The highest BCUT2D eigenvalue weighted by Gasteiger charge is 2.58. The summed E-state index contributed by atoms with van der Waals surface area (Å²) in [5.41, 5.74) is 1.31. The number of hydrogen-bond donors (Lipinski definition) is 0. The predicted molar refractivity (Wildman–Crippen MR) is 93.1 cm³/mol. The lowest BCUT2D eigenvalue weighted by Crippen LogP contribution is -2.34. The van der Waals surface area contributed by atoms with Crippen LogP contribution >= 0.6 is 0 Å². The Hall–Kier alpha value is -2.54. The van der Waals surface area contributed by atoms with Crippen LogP contribution < -0.4 is 0 Å². The van der Waals surface area contributed by atoms with Gasteiger partial charge in [0.25, 0.3) is 0 Å². The van der Waals surface area contributed by atoms with Gasteiger partial charge in [0, 0.05) is 11.5 Å². The Morgan fingerprint density at radius 3 is 2.69 bits per heavy atom. The second kappa shape index (κ2) is 6.02. The summed E-state index contributed by atoms with van der Waals surface area (Å²) in [5, 5.41) is 12.4. The van der Waals surface area contributed by atoms with Gasteiger partial charge in [0.05, 0.1) is 6.54 Å². The van der Waals surface area contributed by atoms with Crippen LogP contribution in [0.25, 0.3) is 11.5 Å². The lowest BCUT2D eigenvalue weighted by Gasteiger charge is -2.31. The molecule has 0 amide bonds. The van der Waals surface area contributed by atoms with E-state index in [1.165, 1.54) is 0 Å². The molecule has 3 aromatic rings. The van der Waals surface area contributed by atoms with Crippen molar-refractivity contribution in [3.05, 3.63) is 47.9 Å². The average Bonchev–Trinajstić information content (AvgIpc) is 3.01. The van der Waals surface area contributed by atoms with Crippen molar-refractivity contribution in [1.29, 1.82) is 0 Å². The number of rotatable bonds is 4. The molecule has 7 nitrogen and oxygen atoms in total. The van der Waals surface area contributed by atoms with Crippen LogP contribution in [0, 0.1) is 12.3 Å². The first-order valence-electron chi connectivity index (χ1n) is 9.12. The maximum Gasteiger partial charge on any atom is 0.247 e. The van der Waals surface area contributed by atoms with E-state index in [4.69, 9.17) is 8.94 Å².